The number of halogens is 5. The van der Waals surface area contributed by atoms with E-state index in [1.54, 1.807) is 26.0 Å². The van der Waals surface area contributed by atoms with Gasteiger partial charge in [-0.15, -0.1) is 11.3 Å². The molecule has 4 heterocycles. The van der Waals surface area contributed by atoms with Crippen LogP contribution in [-0.2, 0) is 6.18 Å². The van der Waals surface area contributed by atoms with E-state index in [2.05, 4.69) is 20.3 Å². The first-order chi connectivity index (χ1) is 16.8. The van der Waals surface area contributed by atoms with Crippen molar-refractivity contribution in [2.75, 3.05) is 18.4 Å². The van der Waals surface area contributed by atoms with Crippen molar-refractivity contribution in [3.8, 4) is 10.6 Å². The molecular weight excluding hydrogens is 501 g/mol. The highest BCUT2D eigenvalue weighted by molar-refractivity contribution is 7.15. The first kappa shape index (κ1) is 25.9. The van der Waals surface area contributed by atoms with Crippen LogP contribution in [0.5, 0.6) is 0 Å². The molecule has 1 amide bonds. The molecule has 1 N–H and O–H groups in total. The van der Waals surface area contributed by atoms with Crippen LogP contribution < -0.4 is 5.32 Å². The van der Waals surface area contributed by atoms with Gasteiger partial charge in [-0.25, -0.2) is 18.7 Å². The first-order valence-corrected chi connectivity index (χ1v) is 12.0. The highest BCUT2D eigenvalue weighted by Gasteiger charge is 2.47. The maximum Gasteiger partial charge on any atom is 0.417 e. The minimum Gasteiger partial charge on any atom is -0.368 e. The quantitative estimate of drug-likeness (QED) is 0.424. The number of aryl methyl sites for hydroxylation is 2. The first-order valence-electron chi connectivity index (χ1n) is 11.2. The molecule has 192 valence electrons. The Kier molecular flexibility index (Phi) is 7.00. The zero-order valence-electron chi connectivity index (χ0n) is 19.7. The summed E-state index contributed by atoms with van der Waals surface area (Å²) >= 11 is 1.26. The fourth-order valence-corrected chi connectivity index (χ4v) is 5.19. The Hall–Kier alpha value is -3.15. The molecule has 0 aromatic carbocycles. The summed E-state index contributed by atoms with van der Waals surface area (Å²) in [7, 11) is 0. The summed E-state index contributed by atoms with van der Waals surface area (Å²) in [6, 6.07) is 6.73. The van der Waals surface area contributed by atoms with E-state index >= 15 is 0 Å². The van der Waals surface area contributed by atoms with E-state index in [1.165, 1.54) is 17.4 Å². The summed E-state index contributed by atoms with van der Waals surface area (Å²) in [6.45, 7) is 4.39. The standard InChI is InChI=1S/C24H24F5N5OS/c1-13-9-23(25,26)12-34(18(13)11-31-19-8-7-16(10-30-19)24(27,28)29)22(35)20-21(36-15(3)33-20)17-6-4-5-14(2)32-17/h4-8,10,13,18H,9,11-12H2,1-3H3,(H,30,31)/t13-,18?/m1/s1. The number of nitrogens with zero attached hydrogens (tertiary/aromatic N) is 4. The number of thiazole rings is 1. The second kappa shape index (κ2) is 9.72. The van der Waals surface area contributed by atoms with Crippen LogP contribution in [0.1, 0.15) is 40.1 Å². The Labute approximate surface area is 208 Å². The van der Waals surface area contributed by atoms with Gasteiger partial charge in [0.15, 0.2) is 0 Å². The average molecular weight is 526 g/mol. The third kappa shape index (κ3) is 5.63. The van der Waals surface area contributed by atoms with Crippen LogP contribution in [0.3, 0.4) is 0 Å². The number of hydrogen-bond acceptors (Lipinski definition) is 6. The minimum absolute atomic E-state index is 0.0303. The number of rotatable bonds is 5. The van der Waals surface area contributed by atoms with Crippen molar-refractivity contribution in [3.63, 3.8) is 0 Å². The van der Waals surface area contributed by atoms with Gasteiger partial charge in [0.1, 0.15) is 11.5 Å². The second-order valence-electron chi connectivity index (χ2n) is 8.92. The van der Waals surface area contributed by atoms with Gasteiger partial charge in [-0.2, -0.15) is 13.2 Å². The molecule has 3 aromatic rings. The normalized spacial score (nSPS) is 19.8. The number of carbonyl (C=O) groups is 1. The monoisotopic (exact) mass is 525 g/mol. The number of alkyl halides is 5. The lowest BCUT2D eigenvalue weighted by atomic mass is 9.88. The Morgan fingerprint density at radius 1 is 1.19 bits per heavy atom. The van der Waals surface area contributed by atoms with Crippen molar-refractivity contribution in [2.24, 2.45) is 5.92 Å². The topological polar surface area (TPSA) is 71.0 Å². The SMILES string of the molecule is Cc1cccc(-c2sc(C)nc2C(=O)N2CC(F)(F)C[C@@H](C)C2CNc2ccc(C(F)(F)F)cn2)n1. The molecule has 36 heavy (non-hydrogen) atoms. The summed E-state index contributed by atoms with van der Waals surface area (Å²) in [5, 5.41) is 3.49. The summed E-state index contributed by atoms with van der Waals surface area (Å²) < 4.78 is 67.6. The van der Waals surface area contributed by atoms with Gasteiger partial charge >= 0.3 is 6.18 Å². The number of nitrogens with one attached hydrogen (secondary N) is 1. The molecule has 1 aliphatic heterocycles. The number of likely N-dealkylation sites (tertiary alicyclic amines) is 1. The number of anilines is 1. The molecule has 1 fully saturated rings. The van der Waals surface area contributed by atoms with Gasteiger partial charge in [-0.3, -0.25) is 9.78 Å². The fraction of sp³-hybridized carbons (Fsp3) is 0.417. The molecule has 1 saturated heterocycles. The van der Waals surface area contributed by atoms with E-state index in [-0.39, 0.29) is 18.1 Å². The summed E-state index contributed by atoms with van der Waals surface area (Å²) in [5.41, 5.74) is 0.426. The molecular formula is C24H24F5N5OS. The van der Waals surface area contributed by atoms with Gasteiger partial charge in [-0.1, -0.05) is 13.0 Å². The van der Waals surface area contributed by atoms with Crippen LogP contribution in [0.15, 0.2) is 36.5 Å². The zero-order valence-corrected chi connectivity index (χ0v) is 20.6. The van der Waals surface area contributed by atoms with Crippen LogP contribution in [0.4, 0.5) is 27.8 Å². The lowest BCUT2D eigenvalue weighted by Gasteiger charge is -2.43. The van der Waals surface area contributed by atoms with Crippen LogP contribution >= 0.6 is 11.3 Å². The summed E-state index contributed by atoms with van der Waals surface area (Å²) in [5.74, 6) is -4.18. The molecule has 0 bridgehead atoms. The van der Waals surface area contributed by atoms with E-state index in [9.17, 15) is 26.7 Å². The predicted molar refractivity (Wildman–Crippen MR) is 126 cm³/mol. The predicted octanol–water partition coefficient (Wildman–Crippen LogP) is 5.83. The van der Waals surface area contributed by atoms with E-state index in [4.69, 9.17) is 0 Å². The van der Waals surface area contributed by atoms with Crippen molar-refractivity contribution in [1.29, 1.82) is 0 Å². The lowest BCUT2D eigenvalue weighted by molar-refractivity contribution is -0.137. The fourth-order valence-electron chi connectivity index (χ4n) is 4.31. The van der Waals surface area contributed by atoms with E-state index in [0.29, 0.717) is 21.8 Å². The Morgan fingerprint density at radius 3 is 2.58 bits per heavy atom. The number of carbonyl (C=O) groups excluding carboxylic acids is 1. The molecule has 0 spiro atoms. The zero-order chi connectivity index (χ0) is 26.3. The van der Waals surface area contributed by atoms with Crippen LogP contribution in [0.2, 0.25) is 0 Å². The van der Waals surface area contributed by atoms with Gasteiger partial charge in [-0.05, 0) is 44.0 Å². The molecule has 2 atom stereocenters. The van der Waals surface area contributed by atoms with E-state index < -0.39 is 48.5 Å². The van der Waals surface area contributed by atoms with E-state index in [0.717, 1.165) is 16.7 Å². The highest BCUT2D eigenvalue weighted by atomic mass is 32.1. The third-order valence-electron chi connectivity index (χ3n) is 5.98. The smallest absolute Gasteiger partial charge is 0.368 e. The van der Waals surface area contributed by atoms with Crippen molar-refractivity contribution >= 4 is 23.1 Å². The number of piperidine rings is 1. The molecule has 0 saturated carbocycles. The average Bonchev–Trinajstić information content (AvgIpc) is 3.18. The molecule has 4 rings (SSSR count). The highest BCUT2D eigenvalue weighted by Crippen LogP contribution is 2.37. The van der Waals surface area contributed by atoms with Crippen LogP contribution in [-0.4, -0.2) is 50.8 Å². The van der Waals surface area contributed by atoms with Crippen LogP contribution in [0.25, 0.3) is 10.6 Å². The van der Waals surface area contributed by atoms with Crippen molar-refractivity contribution in [1.82, 2.24) is 19.9 Å². The number of pyridine rings is 2. The van der Waals surface area contributed by atoms with Gasteiger partial charge in [0, 0.05) is 24.9 Å². The number of aromatic nitrogens is 3. The van der Waals surface area contributed by atoms with Crippen molar-refractivity contribution in [3.05, 3.63) is 58.5 Å². The minimum atomic E-state index is -4.52. The summed E-state index contributed by atoms with van der Waals surface area (Å²) in [6.07, 6.45) is -4.25. The van der Waals surface area contributed by atoms with Crippen molar-refractivity contribution in [2.45, 2.75) is 45.3 Å². The van der Waals surface area contributed by atoms with Gasteiger partial charge in [0.2, 0.25) is 0 Å². The van der Waals surface area contributed by atoms with Crippen LogP contribution in [0, 0.1) is 19.8 Å². The summed E-state index contributed by atoms with van der Waals surface area (Å²) in [4.78, 5) is 27.8. The van der Waals surface area contributed by atoms with Gasteiger partial charge in [0.25, 0.3) is 11.8 Å². The Balaban J connectivity index is 1.61. The maximum atomic E-state index is 14.6. The lowest BCUT2D eigenvalue weighted by Crippen LogP contribution is -2.57. The third-order valence-corrected chi connectivity index (χ3v) is 6.97. The van der Waals surface area contributed by atoms with Crippen molar-refractivity contribution < 1.29 is 26.7 Å². The maximum absolute atomic E-state index is 14.6. The molecule has 0 aliphatic carbocycles. The number of amides is 1. The van der Waals surface area contributed by atoms with Gasteiger partial charge < -0.3 is 10.2 Å². The molecule has 1 aliphatic rings. The molecule has 3 aromatic heterocycles. The Bertz CT molecular complexity index is 1240. The molecule has 12 heteroatoms. The Morgan fingerprint density at radius 2 is 1.94 bits per heavy atom. The van der Waals surface area contributed by atoms with Gasteiger partial charge in [0.05, 0.1) is 33.7 Å². The molecule has 0 radical (unpaired) electrons. The molecule has 1 unspecified atom stereocenters. The number of hydrogen-bond donors (Lipinski definition) is 1. The molecule has 6 nitrogen and oxygen atoms in total. The second-order valence-corrected chi connectivity index (χ2v) is 10.1. The van der Waals surface area contributed by atoms with E-state index in [1.807, 2.05) is 13.0 Å². The largest absolute Gasteiger partial charge is 0.417 e.